The summed E-state index contributed by atoms with van der Waals surface area (Å²) in [5.74, 6) is 0. The van der Waals surface area contributed by atoms with Gasteiger partial charge >= 0.3 is 6.18 Å². The van der Waals surface area contributed by atoms with E-state index in [9.17, 15) is 13.2 Å². The van der Waals surface area contributed by atoms with Crippen LogP contribution in [0, 0.1) is 0 Å². The lowest BCUT2D eigenvalue weighted by Crippen LogP contribution is -2.48. The molecule has 0 aromatic rings. The van der Waals surface area contributed by atoms with Gasteiger partial charge in [0.05, 0.1) is 13.2 Å². The van der Waals surface area contributed by atoms with Gasteiger partial charge in [0.15, 0.2) is 0 Å². The molecule has 0 amide bonds. The third-order valence-electron chi connectivity index (χ3n) is 1.48. The minimum atomic E-state index is -4.23. The van der Waals surface area contributed by atoms with E-state index in [4.69, 9.17) is 10.8 Å². The maximum atomic E-state index is 11.6. The van der Waals surface area contributed by atoms with Crippen LogP contribution in [-0.2, 0) is 0 Å². The molecule has 13 heavy (non-hydrogen) atoms. The van der Waals surface area contributed by atoms with Crippen LogP contribution in [0.1, 0.15) is 6.92 Å². The first kappa shape index (κ1) is 15.4. The molecule has 0 spiro atoms. The van der Waals surface area contributed by atoms with Gasteiger partial charge in [-0.25, -0.2) is 0 Å². The number of hydrogen-bond acceptors (Lipinski definition) is 3. The minimum Gasteiger partial charge on any atom is -0.395 e. The van der Waals surface area contributed by atoms with Gasteiger partial charge in [0.2, 0.25) is 0 Å². The summed E-state index contributed by atoms with van der Waals surface area (Å²) in [5, 5.41) is 10.7. The Kier molecular flexibility index (Phi) is 7.62. The van der Waals surface area contributed by atoms with Gasteiger partial charge in [0.25, 0.3) is 0 Å². The smallest absolute Gasteiger partial charge is 0.395 e. The van der Waals surface area contributed by atoms with Crippen LogP contribution in [0.5, 0.6) is 0 Å². The largest absolute Gasteiger partial charge is 0.401 e. The lowest BCUT2D eigenvalue weighted by atomic mass is 10.2. The van der Waals surface area contributed by atoms with Crippen molar-refractivity contribution in [2.45, 2.75) is 25.2 Å². The van der Waals surface area contributed by atoms with Crippen LogP contribution in [-0.4, -0.2) is 36.5 Å². The Labute approximate surface area is 80.9 Å². The molecule has 0 bridgehead atoms. The van der Waals surface area contributed by atoms with Gasteiger partial charge in [-0.05, 0) is 6.92 Å². The third-order valence-corrected chi connectivity index (χ3v) is 1.48. The maximum absolute atomic E-state index is 11.6. The van der Waals surface area contributed by atoms with E-state index >= 15 is 0 Å². The molecule has 0 aliphatic rings. The molecule has 82 valence electrons. The molecule has 7 heteroatoms. The molecule has 0 aliphatic carbocycles. The Morgan fingerprint density at radius 2 is 1.92 bits per heavy atom. The van der Waals surface area contributed by atoms with E-state index < -0.39 is 24.8 Å². The second kappa shape index (κ2) is 6.42. The van der Waals surface area contributed by atoms with Gasteiger partial charge in [-0.15, -0.1) is 12.4 Å². The highest BCUT2D eigenvalue weighted by atomic mass is 35.5. The highest BCUT2D eigenvalue weighted by Gasteiger charge is 2.28. The van der Waals surface area contributed by atoms with Gasteiger partial charge in [-0.1, -0.05) is 0 Å². The van der Waals surface area contributed by atoms with Crippen LogP contribution in [0.25, 0.3) is 0 Å². The Balaban J connectivity index is 0. The molecule has 4 N–H and O–H groups in total. The van der Waals surface area contributed by atoms with Gasteiger partial charge < -0.3 is 16.2 Å². The van der Waals surface area contributed by atoms with Crippen molar-refractivity contribution in [1.29, 1.82) is 0 Å². The highest BCUT2D eigenvalue weighted by Crippen LogP contribution is 2.12. The molecular formula is C6H14ClF3N2O. The Morgan fingerprint density at radius 1 is 1.46 bits per heavy atom. The molecule has 0 heterocycles. The highest BCUT2D eigenvalue weighted by molar-refractivity contribution is 5.85. The van der Waals surface area contributed by atoms with Crippen LogP contribution < -0.4 is 11.1 Å². The van der Waals surface area contributed by atoms with Crippen LogP contribution in [0.4, 0.5) is 13.2 Å². The Bertz CT molecular complexity index is 134. The predicted molar refractivity (Wildman–Crippen MR) is 45.8 cm³/mol. The van der Waals surface area contributed by atoms with Crippen LogP contribution >= 0.6 is 12.4 Å². The number of hydrogen-bond donors (Lipinski definition) is 3. The average molecular weight is 223 g/mol. The molecule has 0 aromatic heterocycles. The zero-order chi connectivity index (χ0) is 9.78. The molecule has 0 rings (SSSR count). The third kappa shape index (κ3) is 8.29. The minimum absolute atomic E-state index is 0. The summed E-state index contributed by atoms with van der Waals surface area (Å²) in [7, 11) is 0. The Hall–Kier alpha value is -0.0400. The molecule has 0 fully saturated rings. The van der Waals surface area contributed by atoms with Crippen molar-refractivity contribution in [3.05, 3.63) is 0 Å². The first-order chi connectivity index (χ1) is 5.37. The van der Waals surface area contributed by atoms with Gasteiger partial charge in [0, 0.05) is 12.1 Å². The second-order valence-electron chi connectivity index (χ2n) is 2.63. The number of aliphatic hydroxyl groups excluding tert-OH is 1. The average Bonchev–Trinajstić information content (AvgIpc) is 1.97. The molecule has 0 saturated heterocycles. The zero-order valence-electron chi connectivity index (χ0n) is 7.14. The van der Waals surface area contributed by atoms with Crippen molar-refractivity contribution in [1.82, 2.24) is 5.32 Å². The summed E-state index contributed by atoms with van der Waals surface area (Å²) in [6.07, 6.45) is -4.23. The summed E-state index contributed by atoms with van der Waals surface area (Å²) >= 11 is 0. The Morgan fingerprint density at radius 3 is 2.23 bits per heavy atom. The van der Waals surface area contributed by atoms with Gasteiger partial charge in [-0.2, -0.15) is 13.2 Å². The summed E-state index contributed by atoms with van der Waals surface area (Å²) in [5.41, 5.74) is 5.27. The molecular weight excluding hydrogens is 209 g/mol. The lowest BCUT2D eigenvalue weighted by molar-refractivity contribution is -0.126. The van der Waals surface area contributed by atoms with Crippen LogP contribution in [0.2, 0.25) is 0 Å². The van der Waals surface area contributed by atoms with Gasteiger partial charge in [0.1, 0.15) is 0 Å². The summed E-state index contributed by atoms with van der Waals surface area (Å²) < 4.78 is 34.9. The molecule has 2 atom stereocenters. The normalized spacial score (nSPS) is 16.2. The van der Waals surface area contributed by atoms with E-state index in [0.717, 1.165) is 0 Å². The van der Waals surface area contributed by atoms with E-state index in [0.29, 0.717) is 0 Å². The van der Waals surface area contributed by atoms with E-state index in [2.05, 4.69) is 5.32 Å². The standard InChI is InChI=1S/C6H13F3N2O.ClH/c1-4(5(10)2-12)11-3-6(7,8)9;/h4-5,11-12H,2-3,10H2,1H3;1H. The van der Waals surface area contributed by atoms with E-state index in [-0.39, 0.29) is 19.0 Å². The fourth-order valence-corrected chi connectivity index (χ4v) is 0.586. The van der Waals surface area contributed by atoms with Crippen molar-refractivity contribution in [2.75, 3.05) is 13.2 Å². The lowest BCUT2D eigenvalue weighted by Gasteiger charge is -2.19. The van der Waals surface area contributed by atoms with E-state index in [1.54, 1.807) is 0 Å². The number of nitrogens with two attached hydrogens (primary N) is 1. The van der Waals surface area contributed by atoms with Gasteiger partial charge in [-0.3, -0.25) is 0 Å². The topological polar surface area (TPSA) is 58.3 Å². The number of nitrogens with one attached hydrogen (secondary N) is 1. The molecule has 0 saturated carbocycles. The van der Waals surface area contributed by atoms with Crippen molar-refractivity contribution in [3.8, 4) is 0 Å². The molecule has 0 aliphatic heterocycles. The summed E-state index contributed by atoms with van der Waals surface area (Å²) in [4.78, 5) is 0. The van der Waals surface area contributed by atoms with Crippen LogP contribution in [0.3, 0.4) is 0 Å². The summed E-state index contributed by atoms with van der Waals surface area (Å²) in [6, 6.07) is -1.20. The fraction of sp³-hybridized carbons (Fsp3) is 1.00. The maximum Gasteiger partial charge on any atom is 0.401 e. The number of alkyl halides is 3. The van der Waals surface area contributed by atoms with Crippen molar-refractivity contribution in [2.24, 2.45) is 5.73 Å². The predicted octanol–water partition coefficient (Wildman–Crippen LogP) is 0.268. The van der Waals surface area contributed by atoms with Crippen molar-refractivity contribution in [3.63, 3.8) is 0 Å². The number of aliphatic hydroxyl groups is 1. The molecule has 0 aromatic carbocycles. The fourth-order valence-electron chi connectivity index (χ4n) is 0.586. The van der Waals surface area contributed by atoms with E-state index in [1.165, 1.54) is 6.92 Å². The number of rotatable bonds is 4. The van der Waals surface area contributed by atoms with E-state index in [1.807, 2.05) is 0 Å². The SMILES string of the molecule is CC(NCC(F)(F)F)C(N)CO.Cl. The number of halogens is 4. The second-order valence-corrected chi connectivity index (χ2v) is 2.63. The molecule has 2 unspecified atom stereocenters. The van der Waals surface area contributed by atoms with Crippen molar-refractivity contribution < 1.29 is 18.3 Å². The zero-order valence-corrected chi connectivity index (χ0v) is 7.95. The van der Waals surface area contributed by atoms with Crippen molar-refractivity contribution >= 4 is 12.4 Å². The first-order valence-corrected chi connectivity index (χ1v) is 3.53. The monoisotopic (exact) mass is 222 g/mol. The molecule has 0 radical (unpaired) electrons. The first-order valence-electron chi connectivity index (χ1n) is 3.53. The van der Waals surface area contributed by atoms with Crippen LogP contribution in [0.15, 0.2) is 0 Å². The quantitative estimate of drug-likeness (QED) is 0.640. The molecule has 3 nitrogen and oxygen atoms in total. The summed E-state index contributed by atoms with van der Waals surface area (Å²) in [6.45, 7) is 0.0838.